The normalized spacial score (nSPS) is 10.8. The highest BCUT2D eigenvalue weighted by Gasteiger charge is 2.16. The van der Waals surface area contributed by atoms with E-state index in [0.29, 0.717) is 11.4 Å². The van der Waals surface area contributed by atoms with Gasteiger partial charge < -0.3 is 10.1 Å². The maximum absolute atomic E-state index is 12.5. The number of non-ortho nitro benzene ring substituents is 1. The molecule has 0 fully saturated rings. The smallest absolute Gasteiger partial charge is 0.338 e. The molecule has 11 heteroatoms. The summed E-state index contributed by atoms with van der Waals surface area (Å²) >= 11 is 0. The van der Waals surface area contributed by atoms with Crippen LogP contribution in [-0.2, 0) is 19.6 Å². The summed E-state index contributed by atoms with van der Waals surface area (Å²) in [5.41, 5.74) is 1.63. The Morgan fingerprint density at radius 2 is 1.48 bits per heavy atom. The van der Waals surface area contributed by atoms with Crippen LogP contribution in [0.25, 0.3) is 0 Å². The van der Waals surface area contributed by atoms with E-state index in [2.05, 4.69) is 10.0 Å². The summed E-state index contributed by atoms with van der Waals surface area (Å²) in [6.45, 7) is 1.29. The Hall–Kier alpha value is -4.25. The van der Waals surface area contributed by atoms with E-state index in [1.165, 1.54) is 48.5 Å². The van der Waals surface area contributed by atoms with Crippen LogP contribution >= 0.6 is 0 Å². The van der Waals surface area contributed by atoms with E-state index < -0.39 is 33.4 Å². The molecule has 10 nitrogen and oxygen atoms in total. The molecule has 0 aliphatic heterocycles. The fraction of sp³-hybridized carbons (Fsp3) is 0.0909. The summed E-state index contributed by atoms with van der Waals surface area (Å²) in [5, 5.41) is 13.1. The van der Waals surface area contributed by atoms with Crippen molar-refractivity contribution in [2.45, 2.75) is 11.8 Å². The zero-order valence-corrected chi connectivity index (χ0v) is 18.2. The van der Waals surface area contributed by atoms with Gasteiger partial charge >= 0.3 is 5.97 Å². The fourth-order valence-electron chi connectivity index (χ4n) is 2.68. The van der Waals surface area contributed by atoms with Gasteiger partial charge in [-0.05, 0) is 55.5 Å². The van der Waals surface area contributed by atoms with Gasteiger partial charge in [0.25, 0.3) is 21.6 Å². The number of hydrogen-bond acceptors (Lipinski definition) is 7. The van der Waals surface area contributed by atoms with E-state index in [4.69, 9.17) is 4.74 Å². The molecule has 1 amide bonds. The number of nitro benzene ring substituents is 1. The van der Waals surface area contributed by atoms with Crippen molar-refractivity contribution in [3.05, 3.63) is 94.0 Å². The average Bonchev–Trinajstić information content (AvgIpc) is 2.79. The number of esters is 1. The van der Waals surface area contributed by atoms with Crippen molar-refractivity contribution in [1.29, 1.82) is 0 Å². The molecular formula is C22H19N3O7S. The summed E-state index contributed by atoms with van der Waals surface area (Å²) in [4.78, 5) is 34.1. The number of ether oxygens (including phenoxy) is 1. The third-order valence-corrected chi connectivity index (χ3v) is 5.80. The highest BCUT2D eigenvalue weighted by Crippen LogP contribution is 2.18. The second-order valence-electron chi connectivity index (χ2n) is 6.92. The van der Waals surface area contributed by atoms with E-state index in [1.807, 2.05) is 6.92 Å². The number of nitrogens with one attached hydrogen (secondary N) is 2. The van der Waals surface area contributed by atoms with Crippen LogP contribution in [0.1, 0.15) is 15.9 Å². The van der Waals surface area contributed by atoms with Crippen molar-refractivity contribution >= 4 is 39.0 Å². The number of anilines is 2. The maximum Gasteiger partial charge on any atom is 0.338 e. The molecule has 0 bridgehead atoms. The maximum atomic E-state index is 12.5. The number of aryl methyl sites for hydroxylation is 1. The molecule has 0 aliphatic rings. The van der Waals surface area contributed by atoms with E-state index in [1.54, 1.807) is 24.3 Å². The van der Waals surface area contributed by atoms with Gasteiger partial charge in [-0.3, -0.25) is 19.6 Å². The number of nitrogens with zero attached hydrogens (tertiary/aromatic N) is 1. The Kier molecular flexibility index (Phi) is 7.04. The predicted octanol–water partition coefficient (Wildman–Crippen LogP) is 3.50. The Bertz CT molecular complexity index is 1270. The number of hydrogen-bond donors (Lipinski definition) is 2. The highest BCUT2D eigenvalue weighted by atomic mass is 32.2. The lowest BCUT2D eigenvalue weighted by atomic mass is 10.2. The van der Waals surface area contributed by atoms with Crippen LogP contribution in [0.4, 0.5) is 17.1 Å². The molecular weight excluding hydrogens is 450 g/mol. The van der Waals surface area contributed by atoms with Crippen LogP contribution in [0.2, 0.25) is 0 Å². The molecule has 170 valence electrons. The largest absolute Gasteiger partial charge is 0.452 e. The lowest BCUT2D eigenvalue weighted by Crippen LogP contribution is -2.21. The molecule has 2 N–H and O–H groups in total. The molecule has 0 heterocycles. The van der Waals surface area contributed by atoms with Crippen molar-refractivity contribution in [3.8, 4) is 0 Å². The van der Waals surface area contributed by atoms with Gasteiger partial charge in [-0.1, -0.05) is 17.7 Å². The molecule has 3 aromatic rings. The Morgan fingerprint density at radius 3 is 2.06 bits per heavy atom. The molecule has 0 aliphatic carbocycles. The van der Waals surface area contributed by atoms with Gasteiger partial charge in [0, 0.05) is 23.5 Å². The molecule has 0 aromatic heterocycles. The average molecular weight is 469 g/mol. The van der Waals surface area contributed by atoms with Crippen LogP contribution < -0.4 is 10.0 Å². The van der Waals surface area contributed by atoms with Crippen LogP contribution in [0, 0.1) is 17.0 Å². The third-order valence-electron chi connectivity index (χ3n) is 4.40. The zero-order chi connectivity index (χ0) is 24.0. The summed E-state index contributed by atoms with van der Waals surface area (Å²) in [7, 11) is -3.85. The Morgan fingerprint density at radius 1 is 0.909 bits per heavy atom. The number of sulfonamides is 1. The van der Waals surface area contributed by atoms with Crippen molar-refractivity contribution < 1.29 is 27.7 Å². The first-order chi connectivity index (χ1) is 15.6. The molecule has 0 atom stereocenters. The standard InChI is InChI=1S/C22H19N3O7S/c1-15-2-6-18(7-3-15)24-33(30,31)20-12-4-16(5-13-20)22(27)32-14-21(26)23-17-8-10-19(11-9-17)25(28)29/h2-13,24H,14H2,1H3,(H,23,26). The van der Waals surface area contributed by atoms with Crippen LogP contribution in [0.15, 0.2) is 77.7 Å². The third kappa shape index (κ3) is 6.37. The minimum Gasteiger partial charge on any atom is -0.452 e. The van der Waals surface area contributed by atoms with Gasteiger partial charge in [-0.2, -0.15) is 0 Å². The summed E-state index contributed by atoms with van der Waals surface area (Å²) in [5.74, 6) is -1.46. The van der Waals surface area contributed by atoms with Crippen molar-refractivity contribution in [2.24, 2.45) is 0 Å². The number of nitro groups is 1. The van der Waals surface area contributed by atoms with Gasteiger partial charge in [-0.15, -0.1) is 0 Å². The number of benzene rings is 3. The minimum atomic E-state index is -3.85. The molecule has 3 rings (SSSR count). The molecule has 0 radical (unpaired) electrons. The zero-order valence-electron chi connectivity index (χ0n) is 17.3. The highest BCUT2D eigenvalue weighted by molar-refractivity contribution is 7.92. The lowest BCUT2D eigenvalue weighted by Gasteiger charge is -2.09. The molecule has 0 unspecified atom stereocenters. The van der Waals surface area contributed by atoms with Gasteiger partial charge in [0.15, 0.2) is 6.61 Å². The van der Waals surface area contributed by atoms with E-state index in [-0.39, 0.29) is 16.1 Å². The molecule has 33 heavy (non-hydrogen) atoms. The number of rotatable bonds is 8. The summed E-state index contributed by atoms with van der Waals surface area (Å²) < 4.78 is 32.4. The van der Waals surface area contributed by atoms with Crippen molar-refractivity contribution in [3.63, 3.8) is 0 Å². The first kappa shape index (κ1) is 23.4. The number of carbonyl (C=O) groups excluding carboxylic acids is 2. The number of amides is 1. The molecule has 3 aromatic carbocycles. The Labute approximate surface area is 189 Å². The van der Waals surface area contributed by atoms with E-state index in [9.17, 15) is 28.1 Å². The van der Waals surface area contributed by atoms with Gasteiger partial charge in [0.1, 0.15) is 0 Å². The first-order valence-electron chi connectivity index (χ1n) is 9.55. The van der Waals surface area contributed by atoms with Crippen LogP contribution in [0.5, 0.6) is 0 Å². The fourth-order valence-corrected chi connectivity index (χ4v) is 3.74. The Balaban J connectivity index is 1.55. The lowest BCUT2D eigenvalue weighted by molar-refractivity contribution is -0.384. The van der Waals surface area contributed by atoms with Gasteiger partial charge in [-0.25, -0.2) is 13.2 Å². The quantitative estimate of drug-likeness (QED) is 0.292. The minimum absolute atomic E-state index is 0.0458. The summed E-state index contributed by atoms with van der Waals surface area (Å²) in [6.07, 6.45) is 0. The molecule has 0 spiro atoms. The van der Waals surface area contributed by atoms with E-state index in [0.717, 1.165) is 5.56 Å². The summed E-state index contributed by atoms with van der Waals surface area (Å²) in [6, 6.07) is 17.0. The van der Waals surface area contributed by atoms with Crippen molar-refractivity contribution in [1.82, 2.24) is 0 Å². The monoisotopic (exact) mass is 469 g/mol. The predicted molar refractivity (Wildman–Crippen MR) is 120 cm³/mol. The second kappa shape index (κ2) is 9.92. The first-order valence-corrected chi connectivity index (χ1v) is 11.0. The van der Waals surface area contributed by atoms with Crippen LogP contribution in [0.3, 0.4) is 0 Å². The molecule has 0 saturated carbocycles. The van der Waals surface area contributed by atoms with Gasteiger partial charge in [0.2, 0.25) is 0 Å². The van der Waals surface area contributed by atoms with Crippen LogP contribution in [-0.4, -0.2) is 31.8 Å². The topological polar surface area (TPSA) is 145 Å². The number of carbonyl (C=O) groups is 2. The SMILES string of the molecule is Cc1ccc(NS(=O)(=O)c2ccc(C(=O)OCC(=O)Nc3ccc([N+](=O)[O-])cc3)cc2)cc1. The second-order valence-corrected chi connectivity index (χ2v) is 8.61. The molecule has 0 saturated heterocycles. The van der Waals surface area contributed by atoms with E-state index >= 15 is 0 Å². The van der Waals surface area contributed by atoms with Crippen molar-refractivity contribution in [2.75, 3.05) is 16.6 Å². The van der Waals surface area contributed by atoms with Gasteiger partial charge in [0.05, 0.1) is 15.4 Å².